The SMILES string of the molecule is OC[C@H](NCc1cccc(C2CC2)c1)c1ccccc1. The second kappa shape index (κ2) is 6.21. The largest absolute Gasteiger partial charge is 0.394 e. The molecule has 0 heterocycles. The monoisotopic (exact) mass is 267 g/mol. The molecule has 0 bridgehead atoms. The number of hydrogen-bond donors (Lipinski definition) is 2. The van der Waals surface area contributed by atoms with Crippen LogP contribution in [0.3, 0.4) is 0 Å². The number of benzene rings is 2. The lowest BCUT2D eigenvalue weighted by Crippen LogP contribution is -2.23. The average molecular weight is 267 g/mol. The summed E-state index contributed by atoms with van der Waals surface area (Å²) in [5, 5.41) is 13.0. The van der Waals surface area contributed by atoms with E-state index in [4.69, 9.17) is 0 Å². The van der Waals surface area contributed by atoms with Crippen molar-refractivity contribution in [2.75, 3.05) is 6.61 Å². The van der Waals surface area contributed by atoms with Gasteiger partial charge in [0, 0.05) is 6.54 Å². The van der Waals surface area contributed by atoms with Crippen molar-refractivity contribution in [2.24, 2.45) is 0 Å². The van der Waals surface area contributed by atoms with E-state index in [-0.39, 0.29) is 12.6 Å². The molecule has 1 atom stereocenters. The number of aliphatic hydroxyl groups is 1. The molecule has 20 heavy (non-hydrogen) atoms. The van der Waals surface area contributed by atoms with Gasteiger partial charge in [-0.15, -0.1) is 0 Å². The zero-order chi connectivity index (χ0) is 13.8. The van der Waals surface area contributed by atoms with E-state index in [1.165, 1.54) is 24.0 Å². The maximum atomic E-state index is 9.55. The molecule has 3 rings (SSSR count). The molecule has 1 aliphatic carbocycles. The molecule has 1 aliphatic rings. The van der Waals surface area contributed by atoms with Crippen molar-refractivity contribution < 1.29 is 5.11 Å². The Labute approximate surface area is 120 Å². The van der Waals surface area contributed by atoms with E-state index in [1.54, 1.807) is 0 Å². The van der Waals surface area contributed by atoms with Crippen LogP contribution >= 0.6 is 0 Å². The fraction of sp³-hybridized carbons (Fsp3) is 0.333. The molecule has 104 valence electrons. The Morgan fingerprint density at radius 1 is 1.05 bits per heavy atom. The molecule has 2 N–H and O–H groups in total. The second-order valence-corrected chi connectivity index (χ2v) is 5.55. The van der Waals surface area contributed by atoms with Crippen molar-refractivity contribution in [2.45, 2.75) is 31.3 Å². The predicted molar refractivity (Wildman–Crippen MR) is 81.5 cm³/mol. The van der Waals surface area contributed by atoms with Crippen molar-refractivity contribution in [1.82, 2.24) is 5.32 Å². The first-order chi connectivity index (χ1) is 9.86. The molecule has 1 saturated carbocycles. The molecule has 1 fully saturated rings. The van der Waals surface area contributed by atoms with Crippen molar-refractivity contribution in [3.05, 3.63) is 71.3 Å². The van der Waals surface area contributed by atoms with Gasteiger partial charge in [-0.25, -0.2) is 0 Å². The summed E-state index contributed by atoms with van der Waals surface area (Å²) in [6.45, 7) is 0.910. The van der Waals surface area contributed by atoms with Gasteiger partial charge in [-0.1, -0.05) is 54.6 Å². The molecular formula is C18H21NO. The fourth-order valence-electron chi connectivity index (χ4n) is 2.59. The van der Waals surface area contributed by atoms with Crippen LogP contribution in [0.15, 0.2) is 54.6 Å². The summed E-state index contributed by atoms with van der Waals surface area (Å²) < 4.78 is 0. The lowest BCUT2D eigenvalue weighted by molar-refractivity contribution is 0.243. The van der Waals surface area contributed by atoms with Crippen LogP contribution in [0.25, 0.3) is 0 Å². The summed E-state index contributed by atoms with van der Waals surface area (Å²) in [6.07, 6.45) is 2.67. The molecule has 0 saturated heterocycles. The molecule has 0 aliphatic heterocycles. The highest BCUT2D eigenvalue weighted by atomic mass is 16.3. The summed E-state index contributed by atoms with van der Waals surface area (Å²) in [5.74, 6) is 0.790. The van der Waals surface area contributed by atoms with Crippen molar-refractivity contribution >= 4 is 0 Å². The lowest BCUT2D eigenvalue weighted by Gasteiger charge is -2.17. The first-order valence-corrected chi connectivity index (χ1v) is 7.35. The second-order valence-electron chi connectivity index (χ2n) is 5.55. The Morgan fingerprint density at radius 2 is 1.85 bits per heavy atom. The maximum Gasteiger partial charge on any atom is 0.0626 e. The average Bonchev–Trinajstić information content (AvgIpc) is 3.34. The first-order valence-electron chi connectivity index (χ1n) is 7.35. The fourth-order valence-corrected chi connectivity index (χ4v) is 2.59. The number of aliphatic hydroxyl groups excluding tert-OH is 1. The van der Waals surface area contributed by atoms with E-state index in [9.17, 15) is 5.11 Å². The quantitative estimate of drug-likeness (QED) is 0.841. The molecule has 0 unspecified atom stereocenters. The van der Waals surface area contributed by atoms with E-state index in [0.717, 1.165) is 18.0 Å². The van der Waals surface area contributed by atoms with Gasteiger partial charge >= 0.3 is 0 Å². The highest BCUT2D eigenvalue weighted by Gasteiger charge is 2.23. The molecule has 0 aromatic heterocycles. The Kier molecular flexibility index (Phi) is 4.14. The summed E-state index contributed by atoms with van der Waals surface area (Å²) in [4.78, 5) is 0. The smallest absolute Gasteiger partial charge is 0.0626 e. The van der Waals surface area contributed by atoms with Crippen LogP contribution in [-0.2, 0) is 6.54 Å². The highest BCUT2D eigenvalue weighted by Crippen LogP contribution is 2.40. The Hall–Kier alpha value is -1.64. The minimum atomic E-state index is 0.000723. The molecule has 2 aromatic carbocycles. The third-order valence-electron chi connectivity index (χ3n) is 3.94. The van der Waals surface area contributed by atoms with Gasteiger partial charge in [-0.3, -0.25) is 0 Å². The van der Waals surface area contributed by atoms with Crippen LogP contribution in [0.5, 0.6) is 0 Å². The summed E-state index contributed by atoms with van der Waals surface area (Å²) in [7, 11) is 0. The van der Waals surface area contributed by atoms with E-state index in [2.05, 4.69) is 41.7 Å². The van der Waals surface area contributed by atoms with E-state index < -0.39 is 0 Å². The predicted octanol–water partition coefficient (Wildman–Crippen LogP) is 3.39. The van der Waals surface area contributed by atoms with Crippen LogP contribution in [0.1, 0.15) is 41.5 Å². The zero-order valence-corrected chi connectivity index (χ0v) is 11.6. The number of rotatable bonds is 6. The van der Waals surface area contributed by atoms with Gasteiger partial charge < -0.3 is 10.4 Å². The van der Waals surface area contributed by atoms with Crippen molar-refractivity contribution in [3.8, 4) is 0 Å². The van der Waals surface area contributed by atoms with Crippen LogP contribution < -0.4 is 5.32 Å². The van der Waals surface area contributed by atoms with Gasteiger partial charge in [0.2, 0.25) is 0 Å². The van der Waals surface area contributed by atoms with E-state index >= 15 is 0 Å². The normalized spacial score (nSPS) is 16.1. The van der Waals surface area contributed by atoms with Crippen LogP contribution in [0.4, 0.5) is 0 Å². The molecule has 2 aromatic rings. The first kappa shape index (κ1) is 13.3. The van der Waals surface area contributed by atoms with Gasteiger partial charge in [0.25, 0.3) is 0 Å². The van der Waals surface area contributed by atoms with Gasteiger partial charge in [-0.05, 0) is 35.4 Å². The molecule has 2 heteroatoms. The van der Waals surface area contributed by atoms with Gasteiger partial charge in [0.1, 0.15) is 0 Å². The Morgan fingerprint density at radius 3 is 2.55 bits per heavy atom. The molecule has 0 amide bonds. The van der Waals surface area contributed by atoms with Crippen LogP contribution in [0.2, 0.25) is 0 Å². The van der Waals surface area contributed by atoms with Gasteiger partial charge in [-0.2, -0.15) is 0 Å². The highest BCUT2D eigenvalue weighted by molar-refractivity contribution is 5.29. The Bertz CT molecular complexity index is 548. The van der Waals surface area contributed by atoms with E-state index in [1.807, 2.05) is 18.2 Å². The van der Waals surface area contributed by atoms with E-state index in [0.29, 0.717) is 0 Å². The number of nitrogens with one attached hydrogen (secondary N) is 1. The number of hydrogen-bond acceptors (Lipinski definition) is 2. The summed E-state index contributed by atoms with van der Waals surface area (Å²) in [6, 6.07) is 18.9. The summed E-state index contributed by atoms with van der Waals surface area (Å²) >= 11 is 0. The minimum absolute atomic E-state index is 0.000723. The molecule has 0 spiro atoms. The molecule has 2 nitrogen and oxygen atoms in total. The molecular weight excluding hydrogens is 246 g/mol. The van der Waals surface area contributed by atoms with Gasteiger partial charge in [0.15, 0.2) is 0 Å². The zero-order valence-electron chi connectivity index (χ0n) is 11.6. The van der Waals surface area contributed by atoms with Crippen LogP contribution in [-0.4, -0.2) is 11.7 Å². The Balaban J connectivity index is 1.64. The topological polar surface area (TPSA) is 32.3 Å². The lowest BCUT2D eigenvalue weighted by atomic mass is 10.1. The maximum absolute atomic E-state index is 9.55. The molecule has 0 radical (unpaired) electrons. The van der Waals surface area contributed by atoms with Crippen LogP contribution in [0, 0.1) is 0 Å². The third-order valence-corrected chi connectivity index (χ3v) is 3.94. The summed E-state index contributed by atoms with van der Waals surface area (Å²) in [5.41, 5.74) is 3.89. The standard InChI is InChI=1S/C18H21NO/c20-13-18(16-6-2-1-3-7-16)19-12-14-5-4-8-17(11-14)15-9-10-15/h1-8,11,15,18-20H,9-10,12-13H2/t18-/m0/s1. The van der Waals surface area contributed by atoms with Gasteiger partial charge in [0.05, 0.1) is 12.6 Å². The minimum Gasteiger partial charge on any atom is -0.394 e. The van der Waals surface area contributed by atoms with Crippen molar-refractivity contribution in [1.29, 1.82) is 0 Å². The van der Waals surface area contributed by atoms with Crippen molar-refractivity contribution in [3.63, 3.8) is 0 Å². The third kappa shape index (κ3) is 3.27.